The Morgan fingerprint density at radius 3 is 3.00 bits per heavy atom. The second-order valence-electron chi connectivity index (χ2n) is 5.33. The summed E-state index contributed by atoms with van der Waals surface area (Å²) in [6, 6.07) is 5.61. The highest BCUT2D eigenvalue weighted by Crippen LogP contribution is 2.22. The van der Waals surface area contributed by atoms with Gasteiger partial charge in [-0.15, -0.1) is 0 Å². The van der Waals surface area contributed by atoms with Crippen molar-refractivity contribution in [2.45, 2.75) is 32.5 Å². The van der Waals surface area contributed by atoms with E-state index in [1.807, 2.05) is 25.1 Å². The lowest BCUT2D eigenvalue weighted by Gasteiger charge is -2.34. The van der Waals surface area contributed by atoms with Gasteiger partial charge in [0, 0.05) is 24.7 Å². The van der Waals surface area contributed by atoms with Crippen molar-refractivity contribution < 1.29 is 24.5 Å². The largest absolute Gasteiger partial charge is 0.494 e. The minimum atomic E-state index is -0.816. The molecule has 0 aliphatic carbocycles. The zero-order valence-electron chi connectivity index (χ0n) is 12.8. The molecule has 0 aromatic heterocycles. The lowest BCUT2D eigenvalue weighted by molar-refractivity contribution is -0.140. The van der Waals surface area contributed by atoms with E-state index in [4.69, 9.17) is 14.6 Å². The number of morpholine rings is 1. The quantitative estimate of drug-likeness (QED) is 0.789. The summed E-state index contributed by atoms with van der Waals surface area (Å²) >= 11 is 0. The number of carboxylic acids is 1. The van der Waals surface area contributed by atoms with E-state index in [1.54, 1.807) is 0 Å². The second-order valence-corrected chi connectivity index (χ2v) is 5.33. The Labute approximate surface area is 130 Å². The minimum absolute atomic E-state index is 0.0733. The molecular weight excluding hydrogens is 286 g/mol. The van der Waals surface area contributed by atoms with Gasteiger partial charge in [-0.25, -0.2) is 0 Å². The molecule has 2 N–H and O–H groups in total. The van der Waals surface area contributed by atoms with E-state index in [0.29, 0.717) is 38.7 Å². The molecule has 1 aromatic rings. The van der Waals surface area contributed by atoms with Crippen molar-refractivity contribution >= 4 is 5.97 Å². The van der Waals surface area contributed by atoms with Gasteiger partial charge >= 0.3 is 5.97 Å². The Morgan fingerprint density at radius 2 is 2.32 bits per heavy atom. The van der Waals surface area contributed by atoms with Crippen LogP contribution in [0.2, 0.25) is 0 Å². The summed E-state index contributed by atoms with van der Waals surface area (Å²) < 4.78 is 10.9. The van der Waals surface area contributed by atoms with Gasteiger partial charge in [-0.05, 0) is 24.6 Å². The molecule has 0 spiro atoms. The van der Waals surface area contributed by atoms with Crippen LogP contribution in [0.1, 0.15) is 24.5 Å². The third-order valence-electron chi connectivity index (χ3n) is 3.74. The molecular formula is C16H23NO5. The third kappa shape index (κ3) is 4.43. The predicted octanol–water partition coefficient (Wildman–Crippen LogP) is 1.25. The Kier molecular flexibility index (Phi) is 6.18. The van der Waals surface area contributed by atoms with E-state index in [2.05, 4.69) is 4.90 Å². The van der Waals surface area contributed by atoms with Crippen molar-refractivity contribution in [3.8, 4) is 5.75 Å². The predicted molar refractivity (Wildman–Crippen MR) is 80.8 cm³/mol. The van der Waals surface area contributed by atoms with Crippen LogP contribution >= 0.6 is 0 Å². The molecule has 1 heterocycles. The smallest absolute Gasteiger partial charge is 0.305 e. The van der Waals surface area contributed by atoms with E-state index in [9.17, 15) is 9.90 Å². The fourth-order valence-corrected chi connectivity index (χ4v) is 2.67. The Balaban J connectivity index is 2.09. The SMILES string of the molecule is CCOc1ccc(CN2CCOC[C@H]2CC(=O)O)cc1CO. The number of hydrogen-bond donors (Lipinski definition) is 2. The lowest BCUT2D eigenvalue weighted by atomic mass is 10.1. The summed E-state index contributed by atoms with van der Waals surface area (Å²) in [5.41, 5.74) is 1.78. The maximum absolute atomic E-state index is 11.0. The molecule has 1 saturated heterocycles. The van der Waals surface area contributed by atoms with Crippen molar-refractivity contribution in [3.63, 3.8) is 0 Å². The fraction of sp³-hybridized carbons (Fsp3) is 0.562. The highest BCUT2D eigenvalue weighted by atomic mass is 16.5. The molecule has 0 amide bonds. The monoisotopic (exact) mass is 309 g/mol. The third-order valence-corrected chi connectivity index (χ3v) is 3.74. The number of benzene rings is 1. The number of aliphatic hydroxyl groups excluding tert-OH is 1. The molecule has 1 aliphatic rings. The second kappa shape index (κ2) is 8.12. The molecule has 6 heteroatoms. The van der Waals surface area contributed by atoms with Gasteiger partial charge in [-0.1, -0.05) is 6.07 Å². The minimum Gasteiger partial charge on any atom is -0.494 e. The molecule has 0 unspecified atom stereocenters. The Bertz CT molecular complexity index is 505. The first-order valence-electron chi connectivity index (χ1n) is 7.53. The highest BCUT2D eigenvalue weighted by Gasteiger charge is 2.25. The van der Waals surface area contributed by atoms with E-state index in [-0.39, 0.29) is 19.1 Å². The fourth-order valence-electron chi connectivity index (χ4n) is 2.67. The first-order valence-corrected chi connectivity index (χ1v) is 7.53. The van der Waals surface area contributed by atoms with Gasteiger partial charge in [-0.3, -0.25) is 9.69 Å². The molecule has 6 nitrogen and oxygen atoms in total. The Morgan fingerprint density at radius 1 is 1.50 bits per heavy atom. The van der Waals surface area contributed by atoms with Crippen molar-refractivity contribution in [1.82, 2.24) is 4.90 Å². The first kappa shape index (κ1) is 16.7. The molecule has 0 radical (unpaired) electrons. The number of carboxylic acid groups (broad SMARTS) is 1. The van der Waals surface area contributed by atoms with Gasteiger partial charge in [0.05, 0.1) is 32.8 Å². The molecule has 0 saturated carbocycles. The van der Waals surface area contributed by atoms with Crippen molar-refractivity contribution in [2.75, 3.05) is 26.4 Å². The van der Waals surface area contributed by atoms with Gasteiger partial charge in [-0.2, -0.15) is 0 Å². The molecule has 1 fully saturated rings. The molecule has 0 bridgehead atoms. The van der Waals surface area contributed by atoms with E-state index < -0.39 is 5.97 Å². The standard InChI is InChI=1S/C16H23NO5/c1-2-22-15-4-3-12(7-13(15)10-18)9-17-5-6-21-11-14(17)8-16(19)20/h3-4,7,14,18H,2,5-6,8-11H2,1H3,(H,19,20)/t14-/m1/s1. The van der Waals surface area contributed by atoms with Gasteiger partial charge in [0.15, 0.2) is 0 Å². The van der Waals surface area contributed by atoms with Crippen molar-refractivity contribution in [2.24, 2.45) is 0 Å². The summed E-state index contributed by atoms with van der Waals surface area (Å²) in [6.45, 7) is 4.77. The number of nitrogens with zero attached hydrogens (tertiary/aromatic N) is 1. The van der Waals surface area contributed by atoms with Gasteiger partial charge in [0.2, 0.25) is 0 Å². The van der Waals surface area contributed by atoms with Crippen LogP contribution in [0.15, 0.2) is 18.2 Å². The van der Waals surface area contributed by atoms with Crippen molar-refractivity contribution in [3.05, 3.63) is 29.3 Å². The van der Waals surface area contributed by atoms with Crippen LogP contribution in [0, 0.1) is 0 Å². The zero-order chi connectivity index (χ0) is 15.9. The number of aliphatic hydroxyl groups is 1. The molecule has 1 aromatic carbocycles. The number of rotatable bonds is 7. The van der Waals surface area contributed by atoms with Crippen molar-refractivity contribution in [1.29, 1.82) is 0 Å². The number of ether oxygens (including phenoxy) is 2. The van der Waals surface area contributed by atoms with E-state index in [0.717, 1.165) is 11.1 Å². The van der Waals surface area contributed by atoms with Gasteiger partial charge < -0.3 is 19.7 Å². The summed E-state index contributed by atoms with van der Waals surface area (Å²) in [4.78, 5) is 13.1. The molecule has 22 heavy (non-hydrogen) atoms. The van der Waals surface area contributed by atoms with Crippen LogP contribution in [0.25, 0.3) is 0 Å². The lowest BCUT2D eigenvalue weighted by Crippen LogP contribution is -2.45. The van der Waals surface area contributed by atoms with E-state index in [1.165, 1.54) is 0 Å². The molecule has 1 atom stereocenters. The maximum Gasteiger partial charge on any atom is 0.305 e. The van der Waals surface area contributed by atoms with Crippen LogP contribution in [0.3, 0.4) is 0 Å². The van der Waals surface area contributed by atoms with E-state index >= 15 is 0 Å². The molecule has 122 valence electrons. The Hall–Kier alpha value is -1.63. The number of carbonyl (C=O) groups is 1. The summed E-state index contributed by atoms with van der Waals surface area (Å²) in [7, 11) is 0. The topological polar surface area (TPSA) is 79.2 Å². The summed E-state index contributed by atoms with van der Waals surface area (Å²) in [6.07, 6.45) is 0.0733. The van der Waals surface area contributed by atoms with Crippen LogP contribution in [-0.4, -0.2) is 53.5 Å². The van der Waals surface area contributed by atoms with Gasteiger partial charge in [0.25, 0.3) is 0 Å². The molecule has 1 aliphatic heterocycles. The van der Waals surface area contributed by atoms with Crippen LogP contribution in [0.5, 0.6) is 5.75 Å². The summed E-state index contributed by atoms with van der Waals surface area (Å²) in [5, 5.41) is 18.5. The van der Waals surface area contributed by atoms with Crippen LogP contribution in [0.4, 0.5) is 0 Å². The molecule has 2 rings (SSSR count). The maximum atomic E-state index is 11.0. The zero-order valence-corrected chi connectivity index (χ0v) is 12.8. The van der Waals surface area contributed by atoms with Crippen LogP contribution < -0.4 is 4.74 Å². The first-order chi connectivity index (χ1) is 10.6. The summed E-state index contributed by atoms with van der Waals surface area (Å²) in [5.74, 6) is -0.124. The normalized spacial score (nSPS) is 19.1. The van der Waals surface area contributed by atoms with Crippen LogP contribution in [-0.2, 0) is 22.7 Å². The van der Waals surface area contributed by atoms with Gasteiger partial charge in [0.1, 0.15) is 5.75 Å². The number of aliphatic carboxylic acids is 1. The average molecular weight is 309 g/mol. The average Bonchev–Trinajstić information content (AvgIpc) is 2.50. The number of hydrogen-bond acceptors (Lipinski definition) is 5. The highest BCUT2D eigenvalue weighted by molar-refractivity contribution is 5.67.